The average molecular weight is 1110 g/mol. The van der Waals surface area contributed by atoms with E-state index in [0.29, 0.717) is 0 Å². The molecule has 0 fully saturated rings. The van der Waals surface area contributed by atoms with Gasteiger partial charge in [0, 0.05) is 0 Å². The predicted octanol–water partition coefficient (Wildman–Crippen LogP) is 16.5. The zero-order valence-electron chi connectivity index (χ0n) is 42.9. The molecule has 3 heterocycles. The number of ether oxygens (including phenoxy) is 2. The molecule has 12 aromatic rings. The molecule has 3 aliphatic heterocycles. The Kier molecular flexibility index (Phi) is 8.21. The van der Waals surface area contributed by atoms with Crippen molar-refractivity contribution in [1.82, 2.24) is 0 Å². The fourth-order valence-corrected chi connectivity index (χ4v) is 23.9. The molecule has 0 unspecified atom stereocenters. The Balaban J connectivity index is 0.848. The van der Waals surface area contributed by atoms with Gasteiger partial charge in [0.15, 0.2) is 0 Å². The third-order valence-corrected chi connectivity index (χ3v) is 26.2. The molecule has 4 aliphatic carbocycles. The summed E-state index contributed by atoms with van der Waals surface area (Å²) in [4.78, 5) is 2.50. The summed E-state index contributed by atoms with van der Waals surface area (Å²) >= 11 is -3.06. The van der Waals surface area contributed by atoms with E-state index in [2.05, 4.69) is 261 Å². The van der Waals surface area contributed by atoms with Crippen molar-refractivity contribution < 1.29 is 9.47 Å². The zero-order valence-corrected chi connectivity index (χ0v) is 45.4. The van der Waals surface area contributed by atoms with E-state index in [9.17, 15) is 0 Å². The minimum atomic E-state index is -3.06. The first kappa shape index (κ1) is 42.9. The third-order valence-electron chi connectivity index (χ3n) is 18.7. The van der Waals surface area contributed by atoms with Crippen molar-refractivity contribution in [3.05, 3.63) is 299 Å². The second kappa shape index (κ2) is 15.1. The van der Waals surface area contributed by atoms with E-state index < -0.39 is 31.0 Å². The molecule has 0 atom stereocenters. The third kappa shape index (κ3) is 5.13. The van der Waals surface area contributed by atoms with Gasteiger partial charge in [-0.05, 0) is 0 Å². The van der Waals surface area contributed by atoms with Gasteiger partial charge < -0.3 is 0 Å². The summed E-state index contributed by atoms with van der Waals surface area (Å²) in [7, 11) is 0. The molecule has 7 aliphatic rings. The summed E-state index contributed by atoms with van der Waals surface area (Å²) in [6, 6.07) is 94.0. The van der Waals surface area contributed by atoms with Crippen LogP contribution in [0.5, 0.6) is 23.0 Å². The molecule has 2 spiro atoms. The van der Waals surface area contributed by atoms with Gasteiger partial charge in [0.05, 0.1) is 0 Å². The summed E-state index contributed by atoms with van der Waals surface area (Å²) in [5.74, 6) is 3.77. The quantitative estimate of drug-likeness (QED) is 0.165. The van der Waals surface area contributed by atoms with E-state index in [1.54, 1.807) is 0 Å². The summed E-state index contributed by atoms with van der Waals surface area (Å²) in [5, 5.41) is 0. The second-order valence-corrected chi connectivity index (χ2v) is 28.0. The van der Waals surface area contributed by atoms with Crippen molar-refractivity contribution in [2.24, 2.45) is 0 Å². The van der Waals surface area contributed by atoms with Crippen LogP contribution in [0.2, 0.25) is 0 Å². The summed E-state index contributed by atoms with van der Waals surface area (Å²) in [5.41, 5.74) is 29.5. The van der Waals surface area contributed by atoms with Crippen LogP contribution in [0, 0.1) is 6.92 Å². The Labute approximate surface area is 465 Å². The Bertz CT molecular complexity index is 4380. The Hall–Kier alpha value is -9.14. The van der Waals surface area contributed by atoms with E-state index in [4.69, 9.17) is 9.47 Å². The Morgan fingerprint density at radius 2 is 0.646 bits per heavy atom. The fourth-order valence-electron chi connectivity index (χ4n) is 15.6. The van der Waals surface area contributed by atoms with E-state index in [1.807, 2.05) is 0 Å². The van der Waals surface area contributed by atoms with E-state index in [0.717, 1.165) is 50.9 Å². The van der Waals surface area contributed by atoms with Gasteiger partial charge in [0.2, 0.25) is 0 Å². The zero-order chi connectivity index (χ0) is 51.5. The number of aryl methyl sites for hydroxylation is 1. The van der Waals surface area contributed by atoms with E-state index >= 15 is 0 Å². The minimum absolute atomic E-state index is 0.460. The van der Waals surface area contributed by atoms with Crippen molar-refractivity contribution in [1.29, 1.82) is 0 Å². The normalized spacial score (nSPS) is 15.2. The maximum atomic E-state index is 7.50. The summed E-state index contributed by atoms with van der Waals surface area (Å²) in [6.07, 6.45) is 0. The van der Waals surface area contributed by atoms with Crippen molar-refractivity contribution in [2.45, 2.75) is 17.8 Å². The summed E-state index contributed by atoms with van der Waals surface area (Å²) < 4.78 is 18.9. The van der Waals surface area contributed by atoms with Crippen molar-refractivity contribution >= 4 is 47.8 Å². The van der Waals surface area contributed by atoms with Crippen LogP contribution >= 0.6 is 0 Å². The number of hydrogen-bond donors (Lipinski definition) is 0. The molecule has 12 aromatic carbocycles. The molecule has 0 amide bonds. The molecule has 3 nitrogen and oxygen atoms in total. The first-order valence-corrected chi connectivity index (χ1v) is 31.3. The standard InChI is InChI=1S/C75H44NO2.Sb/c1-46-29-33-49(34-30-46)76-50-35-39-54(47-31-37-62-60-21-6-12-27-68(60)74(70(62)41-47)64-23-8-2-17-56(64)57-18-3-9-24-65(57)74)72(43-50)77-52-15-14-16-53(45-52)78-73-44-51(76)36-40-55(73)48-32-38-63-61-22-7-13-28-69(61)75(71(63)42-48)66-25-10-4-19-58(66)59-20-5-11-26-67(59)75;/h2-42H,1H3;. The number of nitrogens with zero attached hydrogens (tertiary/aromatic N) is 1. The van der Waals surface area contributed by atoms with Gasteiger partial charge in [-0.3, -0.25) is 0 Å². The van der Waals surface area contributed by atoms with Crippen LogP contribution in [0.3, 0.4) is 0 Å². The molecule has 0 bridgehead atoms. The molecular formula is C75H44NO2Sb. The van der Waals surface area contributed by atoms with E-state index in [1.165, 1.54) is 116 Å². The van der Waals surface area contributed by atoms with Crippen LogP contribution in [0.4, 0.5) is 17.1 Å². The molecule has 0 saturated carbocycles. The monoisotopic (exact) mass is 1110 g/mol. The first-order chi connectivity index (χ1) is 39.1. The number of benzene rings is 12. The number of rotatable bonds is 3. The molecule has 4 heteroatoms. The van der Waals surface area contributed by atoms with E-state index in [-0.39, 0.29) is 0 Å². The molecule has 0 radical (unpaired) electrons. The van der Waals surface area contributed by atoms with Crippen LogP contribution in [0.15, 0.2) is 249 Å². The van der Waals surface area contributed by atoms with Gasteiger partial charge in [0.1, 0.15) is 0 Å². The molecule has 366 valence electrons. The Morgan fingerprint density at radius 3 is 1.03 bits per heavy atom. The molecule has 79 heavy (non-hydrogen) atoms. The number of fused-ring (bicyclic) bond motifs is 20. The van der Waals surface area contributed by atoms with Crippen LogP contribution in [-0.2, 0) is 10.8 Å². The van der Waals surface area contributed by atoms with Crippen LogP contribution in [0.25, 0.3) is 66.8 Å². The van der Waals surface area contributed by atoms with Crippen molar-refractivity contribution in [2.75, 3.05) is 4.90 Å². The van der Waals surface area contributed by atoms with Crippen LogP contribution in [0.1, 0.15) is 50.1 Å². The molecule has 19 rings (SSSR count). The maximum absolute atomic E-state index is 7.50. The van der Waals surface area contributed by atoms with Gasteiger partial charge >= 0.3 is 468 Å². The fraction of sp³-hybridized carbons (Fsp3) is 0.0400. The van der Waals surface area contributed by atoms with Crippen molar-refractivity contribution in [3.63, 3.8) is 0 Å². The topological polar surface area (TPSA) is 21.7 Å². The van der Waals surface area contributed by atoms with Gasteiger partial charge in [-0.15, -0.1) is 0 Å². The van der Waals surface area contributed by atoms with Crippen molar-refractivity contribution in [3.8, 4) is 89.8 Å². The number of anilines is 3. The second-order valence-electron chi connectivity index (χ2n) is 22.2. The number of hydrogen-bond acceptors (Lipinski definition) is 3. The van der Waals surface area contributed by atoms with Gasteiger partial charge in [-0.25, -0.2) is 0 Å². The molecular weight excluding hydrogens is 1070 g/mol. The molecule has 0 N–H and O–H groups in total. The SMILES string of the molecule is Cc1ccc(N2c3ccc(-c4ccc5c(c4)C4(c6ccccc6-c6ccccc64)c4ccccc4-5)c4[c]3[Sb]3[c]5c(cccc5Oc5c(-c6ccc7c(c6)C6(c8ccccc8-c8ccccc86)c6ccccc6-7)ccc2[c]53)O4)cc1. The summed E-state index contributed by atoms with van der Waals surface area (Å²) in [6.45, 7) is 2.17. The van der Waals surface area contributed by atoms with Gasteiger partial charge in [-0.1, -0.05) is 0 Å². The Morgan fingerprint density at radius 1 is 0.304 bits per heavy atom. The van der Waals surface area contributed by atoms with Gasteiger partial charge in [0.25, 0.3) is 0 Å². The van der Waals surface area contributed by atoms with Gasteiger partial charge in [-0.2, -0.15) is 0 Å². The molecule has 0 saturated heterocycles. The van der Waals surface area contributed by atoms with Crippen LogP contribution in [-0.4, -0.2) is 20.2 Å². The predicted molar refractivity (Wildman–Crippen MR) is 321 cm³/mol. The average Bonchev–Trinajstić information content (AvgIpc) is 3.22. The molecule has 0 aromatic heterocycles. The van der Waals surface area contributed by atoms with Crippen LogP contribution < -0.4 is 24.9 Å². The first-order valence-electron chi connectivity index (χ1n) is 27.5.